The summed E-state index contributed by atoms with van der Waals surface area (Å²) in [5.41, 5.74) is 5.99. The van der Waals surface area contributed by atoms with Crippen molar-refractivity contribution in [2.75, 3.05) is 13.1 Å². The van der Waals surface area contributed by atoms with E-state index < -0.39 is 0 Å². The Labute approximate surface area is 81.3 Å². The van der Waals surface area contributed by atoms with Crippen LogP contribution in [0, 0.1) is 11.8 Å². The van der Waals surface area contributed by atoms with Crippen molar-refractivity contribution < 1.29 is 0 Å². The largest absolute Gasteiger partial charge is 0.327 e. The Balaban J connectivity index is 1.39. The minimum atomic E-state index is 0.480. The van der Waals surface area contributed by atoms with Crippen LogP contribution >= 0.6 is 0 Å². The lowest BCUT2D eigenvalue weighted by Gasteiger charge is -2.10. The summed E-state index contributed by atoms with van der Waals surface area (Å²) >= 11 is 0. The van der Waals surface area contributed by atoms with Crippen LogP contribution in [0.4, 0.5) is 0 Å². The van der Waals surface area contributed by atoms with Crippen LogP contribution in [0.3, 0.4) is 0 Å². The van der Waals surface area contributed by atoms with Crippen molar-refractivity contribution in [1.29, 1.82) is 0 Å². The highest BCUT2D eigenvalue weighted by molar-refractivity contribution is 4.84. The molecule has 2 saturated carbocycles. The summed E-state index contributed by atoms with van der Waals surface area (Å²) in [6, 6.07) is 0.480. The van der Waals surface area contributed by atoms with E-state index in [1.54, 1.807) is 0 Å². The Kier molecular flexibility index (Phi) is 3.23. The molecule has 2 nitrogen and oxygen atoms in total. The van der Waals surface area contributed by atoms with Crippen molar-refractivity contribution in [3.05, 3.63) is 0 Å². The molecule has 0 spiro atoms. The lowest BCUT2D eigenvalue weighted by atomic mass is 10.1. The van der Waals surface area contributed by atoms with E-state index in [0.717, 1.165) is 18.4 Å². The van der Waals surface area contributed by atoms with Gasteiger partial charge in [-0.2, -0.15) is 0 Å². The highest BCUT2D eigenvalue weighted by atomic mass is 14.9. The summed E-state index contributed by atoms with van der Waals surface area (Å²) in [6.07, 6.45) is 8.27. The van der Waals surface area contributed by atoms with Gasteiger partial charge in [0.1, 0.15) is 0 Å². The van der Waals surface area contributed by atoms with Gasteiger partial charge < -0.3 is 11.1 Å². The van der Waals surface area contributed by atoms with E-state index >= 15 is 0 Å². The third-order valence-electron chi connectivity index (χ3n) is 3.31. The van der Waals surface area contributed by atoms with Crippen LogP contribution in [-0.2, 0) is 0 Å². The summed E-state index contributed by atoms with van der Waals surface area (Å²) < 4.78 is 0. The molecule has 0 saturated heterocycles. The van der Waals surface area contributed by atoms with Gasteiger partial charge in [0.25, 0.3) is 0 Å². The molecule has 1 atom stereocenters. The molecule has 2 rings (SSSR count). The molecule has 2 fully saturated rings. The first-order valence-corrected chi connectivity index (χ1v) is 5.82. The molecule has 2 aliphatic carbocycles. The lowest BCUT2D eigenvalue weighted by Crippen LogP contribution is -2.28. The van der Waals surface area contributed by atoms with Crippen molar-refractivity contribution >= 4 is 0 Å². The van der Waals surface area contributed by atoms with Crippen LogP contribution in [0.25, 0.3) is 0 Å². The summed E-state index contributed by atoms with van der Waals surface area (Å²) in [6.45, 7) is 2.34. The molecule has 0 radical (unpaired) electrons. The Bertz CT molecular complexity index is 150. The number of nitrogens with one attached hydrogen (secondary N) is 1. The van der Waals surface area contributed by atoms with Gasteiger partial charge in [-0.1, -0.05) is 12.8 Å². The monoisotopic (exact) mass is 182 g/mol. The quantitative estimate of drug-likeness (QED) is 0.586. The van der Waals surface area contributed by atoms with Gasteiger partial charge in [0.15, 0.2) is 0 Å². The number of hydrogen-bond donors (Lipinski definition) is 2. The number of hydrogen-bond acceptors (Lipinski definition) is 2. The summed E-state index contributed by atoms with van der Waals surface area (Å²) in [7, 11) is 0. The normalized spacial score (nSPS) is 24.7. The lowest BCUT2D eigenvalue weighted by molar-refractivity contribution is 0.508. The van der Waals surface area contributed by atoms with Crippen molar-refractivity contribution in [3.8, 4) is 0 Å². The Hall–Kier alpha value is -0.0800. The second-order valence-corrected chi connectivity index (χ2v) is 4.77. The average Bonchev–Trinajstić information content (AvgIpc) is 2.98. The summed E-state index contributed by atoms with van der Waals surface area (Å²) in [5, 5.41) is 3.49. The van der Waals surface area contributed by atoms with Crippen molar-refractivity contribution in [3.63, 3.8) is 0 Å². The maximum atomic E-state index is 5.99. The zero-order chi connectivity index (χ0) is 9.10. The van der Waals surface area contributed by atoms with Crippen LogP contribution in [-0.4, -0.2) is 19.1 Å². The second-order valence-electron chi connectivity index (χ2n) is 4.77. The molecule has 76 valence electrons. The Morgan fingerprint density at radius 3 is 2.54 bits per heavy atom. The molecule has 0 amide bonds. The van der Waals surface area contributed by atoms with Gasteiger partial charge in [0, 0.05) is 6.04 Å². The first kappa shape index (κ1) is 9.47. The molecular weight excluding hydrogens is 160 g/mol. The average molecular weight is 182 g/mol. The van der Waals surface area contributed by atoms with Crippen molar-refractivity contribution in [2.45, 2.75) is 44.6 Å². The number of nitrogens with two attached hydrogens (primary N) is 1. The first-order valence-electron chi connectivity index (χ1n) is 5.82. The van der Waals surface area contributed by atoms with Gasteiger partial charge in [0.05, 0.1) is 0 Å². The van der Waals surface area contributed by atoms with Crippen LogP contribution < -0.4 is 11.1 Å². The third kappa shape index (κ3) is 3.65. The zero-order valence-electron chi connectivity index (χ0n) is 8.47. The van der Waals surface area contributed by atoms with E-state index in [1.807, 2.05) is 0 Å². The number of rotatable bonds is 7. The minimum Gasteiger partial charge on any atom is -0.327 e. The van der Waals surface area contributed by atoms with Crippen molar-refractivity contribution in [2.24, 2.45) is 17.6 Å². The predicted octanol–water partition coefficient (Wildman–Crippen LogP) is 1.50. The van der Waals surface area contributed by atoms with E-state index in [9.17, 15) is 0 Å². The fourth-order valence-electron chi connectivity index (χ4n) is 1.87. The van der Waals surface area contributed by atoms with Crippen LogP contribution in [0.5, 0.6) is 0 Å². The fraction of sp³-hybridized carbons (Fsp3) is 1.00. The van der Waals surface area contributed by atoms with E-state index in [0.29, 0.717) is 6.04 Å². The summed E-state index contributed by atoms with van der Waals surface area (Å²) in [5.74, 6) is 1.93. The molecule has 0 aromatic carbocycles. The molecule has 2 heteroatoms. The van der Waals surface area contributed by atoms with Gasteiger partial charge in [-0.25, -0.2) is 0 Å². The van der Waals surface area contributed by atoms with Crippen LogP contribution in [0.1, 0.15) is 38.5 Å². The molecule has 0 heterocycles. The molecule has 0 aromatic heterocycles. The standard InChI is InChI=1S/C11H22N2/c12-11(10-3-4-10)6-8-13-7-5-9-1-2-9/h9-11,13H,1-8,12H2. The molecule has 2 aliphatic rings. The van der Waals surface area contributed by atoms with E-state index in [2.05, 4.69) is 5.32 Å². The van der Waals surface area contributed by atoms with Crippen LogP contribution in [0.2, 0.25) is 0 Å². The molecule has 3 N–H and O–H groups in total. The van der Waals surface area contributed by atoms with Gasteiger partial charge in [-0.05, 0) is 50.6 Å². The van der Waals surface area contributed by atoms with E-state index in [4.69, 9.17) is 5.73 Å². The highest BCUT2D eigenvalue weighted by Crippen LogP contribution is 2.33. The highest BCUT2D eigenvalue weighted by Gasteiger charge is 2.27. The van der Waals surface area contributed by atoms with E-state index in [1.165, 1.54) is 45.1 Å². The van der Waals surface area contributed by atoms with Gasteiger partial charge in [-0.15, -0.1) is 0 Å². The SMILES string of the molecule is NC(CCNCCC1CC1)C1CC1. The Morgan fingerprint density at radius 2 is 1.92 bits per heavy atom. The first-order chi connectivity index (χ1) is 6.36. The maximum absolute atomic E-state index is 5.99. The maximum Gasteiger partial charge on any atom is 0.00792 e. The fourth-order valence-corrected chi connectivity index (χ4v) is 1.87. The molecule has 1 unspecified atom stereocenters. The molecule has 0 aromatic rings. The second kappa shape index (κ2) is 4.43. The van der Waals surface area contributed by atoms with E-state index in [-0.39, 0.29) is 0 Å². The summed E-state index contributed by atoms with van der Waals surface area (Å²) in [4.78, 5) is 0. The minimum absolute atomic E-state index is 0.480. The third-order valence-corrected chi connectivity index (χ3v) is 3.31. The predicted molar refractivity (Wildman–Crippen MR) is 55.5 cm³/mol. The van der Waals surface area contributed by atoms with Gasteiger partial charge in [-0.3, -0.25) is 0 Å². The molecule has 0 bridgehead atoms. The van der Waals surface area contributed by atoms with Crippen LogP contribution in [0.15, 0.2) is 0 Å². The smallest absolute Gasteiger partial charge is 0.00792 e. The molecule has 0 aliphatic heterocycles. The van der Waals surface area contributed by atoms with Crippen molar-refractivity contribution in [1.82, 2.24) is 5.32 Å². The molecule has 13 heavy (non-hydrogen) atoms. The van der Waals surface area contributed by atoms with Gasteiger partial charge in [0.2, 0.25) is 0 Å². The topological polar surface area (TPSA) is 38.0 Å². The zero-order valence-corrected chi connectivity index (χ0v) is 8.47. The molecular formula is C11H22N2. The Morgan fingerprint density at radius 1 is 1.15 bits per heavy atom. The van der Waals surface area contributed by atoms with Gasteiger partial charge >= 0.3 is 0 Å².